The largest absolute Gasteiger partial charge is 0.435 e. The highest BCUT2D eigenvalue weighted by atomic mass is 19.3. The van der Waals surface area contributed by atoms with Crippen LogP contribution >= 0.6 is 0 Å². The molecule has 0 saturated heterocycles. The van der Waals surface area contributed by atoms with Gasteiger partial charge in [-0.1, -0.05) is 45.9 Å². The number of ether oxygens (including phenoxy) is 3. The molecule has 1 aromatic carbocycles. The van der Waals surface area contributed by atoms with E-state index < -0.39 is 45.4 Å². The van der Waals surface area contributed by atoms with Gasteiger partial charge in [0.25, 0.3) is 0 Å². The van der Waals surface area contributed by atoms with Crippen molar-refractivity contribution in [3.05, 3.63) is 52.4 Å². The van der Waals surface area contributed by atoms with Gasteiger partial charge >= 0.3 is 6.61 Å². The zero-order valence-electron chi connectivity index (χ0n) is 38.7. The molecule has 0 radical (unpaired) electrons. The van der Waals surface area contributed by atoms with Gasteiger partial charge in [-0.2, -0.15) is 8.78 Å². The van der Waals surface area contributed by atoms with Crippen LogP contribution in [0.25, 0.3) is 0 Å². The predicted molar refractivity (Wildman–Crippen MR) is 233 cm³/mol. The first-order valence-electron chi connectivity index (χ1n) is 24.9. The number of carbonyl (C=O) groups excluding carboxylic acids is 2. The van der Waals surface area contributed by atoms with E-state index >= 15 is 9.59 Å². The lowest BCUT2D eigenvalue weighted by molar-refractivity contribution is -0.225. The molecule has 12 saturated carbocycles. The van der Waals surface area contributed by atoms with E-state index in [0.717, 1.165) is 73.9 Å². The quantitative estimate of drug-likeness (QED) is 0.267. The summed E-state index contributed by atoms with van der Waals surface area (Å²) in [7, 11) is 0. The van der Waals surface area contributed by atoms with Crippen molar-refractivity contribution in [2.24, 2.45) is 69.0 Å². The molecule has 0 spiro atoms. The van der Waals surface area contributed by atoms with E-state index in [1.54, 1.807) is 12.1 Å². The summed E-state index contributed by atoms with van der Waals surface area (Å²) in [6, 6.07) is 7.23. The Kier molecular flexibility index (Phi) is 8.34. The van der Waals surface area contributed by atoms with Crippen molar-refractivity contribution < 1.29 is 32.6 Å². The van der Waals surface area contributed by atoms with Gasteiger partial charge in [0, 0.05) is 22.9 Å². The smallest absolute Gasteiger partial charge is 0.387 e. The van der Waals surface area contributed by atoms with Gasteiger partial charge in [-0.3, -0.25) is 9.59 Å². The number of dihydropyridines is 1. The predicted octanol–water partition coefficient (Wildman–Crippen LogP) is 12.0. The fraction of sp³-hybridized carbons (Fsp3) is 0.778. The Morgan fingerprint density at radius 1 is 0.597 bits per heavy atom. The molecule has 1 aliphatic heterocycles. The van der Waals surface area contributed by atoms with Crippen LogP contribution in [0.3, 0.4) is 0 Å². The lowest BCUT2D eigenvalue weighted by Crippen LogP contribution is -2.60. The van der Waals surface area contributed by atoms with Crippen LogP contribution in [-0.4, -0.2) is 40.6 Å². The van der Waals surface area contributed by atoms with Crippen molar-refractivity contribution in [2.45, 2.75) is 193 Å². The number of para-hydroxylation sites is 1. The van der Waals surface area contributed by atoms with Crippen LogP contribution in [0.1, 0.15) is 170 Å². The minimum atomic E-state index is -3.03. The van der Waals surface area contributed by atoms with Crippen LogP contribution in [0.2, 0.25) is 0 Å². The lowest BCUT2D eigenvalue weighted by atomic mass is 9.54. The first kappa shape index (κ1) is 40.9. The summed E-state index contributed by atoms with van der Waals surface area (Å²) in [5.74, 6) is 3.92. The van der Waals surface area contributed by atoms with E-state index in [-0.39, 0.29) is 40.4 Å². The van der Waals surface area contributed by atoms with Crippen LogP contribution in [0.4, 0.5) is 8.78 Å². The maximum atomic E-state index is 16.3. The van der Waals surface area contributed by atoms with Crippen LogP contribution in [0, 0.1) is 69.0 Å². The molecule has 1 heterocycles. The second-order valence-corrected chi connectivity index (χ2v) is 25.3. The van der Waals surface area contributed by atoms with Gasteiger partial charge < -0.3 is 19.5 Å². The molecular weight excluding hydrogens is 781 g/mol. The number of nitrogens with one attached hydrogen (secondary N) is 1. The summed E-state index contributed by atoms with van der Waals surface area (Å²) in [4.78, 5) is 32.6. The van der Waals surface area contributed by atoms with Gasteiger partial charge in [-0.15, -0.1) is 0 Å². The van der Waals surface area contributed by atoms with Gasteiger partial charge in [0.1, 0.15) is 17.0 Å². The molecule has 14 rings (SSSR count). The number of hydrogen-bond acceptors (Lipinski definition) is 6. The number of hydrogen-bond donors (Lipinski definition) is 1. The van der Waals surface area contributed by atoms with Gasteiger partial charge in [0.15, 0.2) is 11.6 Å². The number of rotatable bonds is 9. The van der Waals surface area contributed by atoms with Gasteiger partial charge in [-0.05, 0) is 206 Å². The van der Waals surface area contributed by atoms with E-state index in [0.29, 0.717) is 53.9 Å². The van der Waals surface area contributed by atoms with Crippen molar-refractivity contribution in [3.8, 4) is 5.75 Å². The fourth-order valence-corrected chi connectivity index (χ4v) is 19.7. The Morgan fingerprint density at radius 2 is 0.968 bits per heavy atom. The summed E-state index contributed by atoms with van der Waals surface area (Å²) in [5, 5.41) is 3.85. The number of allylic oxidation sites excluding steroid dienone is 4. The van der Waals surface area contributed by atoms with E-state index in [1.807, 2.05) is 12.1 Å². The second kappa shape index (κ2) is 12.6. The van der Waals surface area contributed by atoms with Crippen LogP contribution < -0.4 is 10.1 Å². The van der Waals surface area contributed by atoms with Gasteiger partial charge in [0.05, 0.1) is 22.0 Å². The van der Waals surface area contributed by atoms with Crippen molar-refractivity contribution in [3.63, 3.8) is 0 Å². The first-order chi connectivity index (χ1) is 29.2. The molecule has 12 fully saturated rings. The molecule has 0 aromatic heterocycles. The highest BCUT2D eigenvalue weighted by Gasteiger charge is 2.85. The van der Waals surface area contributed by atoms with E-state index in [4.69, 9.17) is 14.2 Å². The normalized spacial score (nSPS) is 49.9. The third kappa shape index (κ3) is 5.15. The molecule has 13 aliphatic rings. The maximum Gasteiger partial charge on any atom is 0.387 e. The average Bonchev–Trinajstić information content (AvgIpc) is 3.89. The monoisotopic (exact) mass is 852 g/mol. The number of carbonyl (C=O) groups is 2. The van der Waals surface area contributed by atoms with Gasteiger partial charge in [0.2, 0.25) is 0 Å². The molecule has 336 valence electrons. The zero-order chi connectivity index (χ0) is 43.4. The molecule has 8 heteroatoms. The third-order valence-electron chi connectivity index (χ3n) is 21.1. The van der Waals surface area contributed by atoms with E-state index in [1.165, 1.54) is 38.5 Å². The van der Waals surface area contributed by atoms with Crippen LogP contribution in [0.15, 0.2) is 46.8 Å². The minimum Gasteiger partial charge on any atom is -0.435 e. The number of ketones is 2. The Bertz CT molecular complexity index is 2020. The van der Waals surface area contributed by atoms with Crippen LogP contribution in [0.5, 0.6) is 5.75 Å². The zero-order valence-corrected chi connectivity index (χ0v) is 38.7. The minimum absolute atomic E-state index is 0.0415. The summed E-state index contributed by atoms with van der Waals surface area (Å²) >= 11 is 0. The fourth-order valence-electron chi connectivity index (χ4n) is 19.7. The second-order valence-electron chi connectivity index (χ2n) is 25.3. The number of halogens is 2. The summed E-state index contributed by atoms with van der Waals surface area (Å²) in [6.45, 7) is 14.3. The van der Waals surface area contributed by atoms with E-state index in [9.17, 15) is 8.78 Å². The number of Topliss-reactive ketones (excluding diaryl/α,β-unsaturated/α-hetero) is 2. The molecule has 6 unspecified atom stereocenters. The van der Waals surface area contributed by atoms with Crippen molar-refractivity contribution >= 4 is 11.6 Å². The topological polar surface area (TPSA) is 73.9 Å². The molecule has 0 amide bonds. The SMILES string of the molecule is CC1=C(C23C(=O)C(C)(OC45CC6CC(CC(C6)C4)C5)CCC2C3(C)C)C(c2ccccc2OC(F)F)C(C23C(=O)C(C)(OC45CC6CC(CC(C6)C4)C5)CCC2C3(C)C)=C(C)N1. The average molecular weight is 852 g/mol. The molecule has 1 N–H and O–H groups in total. The molecule has 62 heavy (non-hydrogen) atoms. The maximum absolute atomic E-state index is 16.3. The molecular formula is C54H71F2NO5. The van der Waals surface area contributed by atoms with Crippen LogP contribution in [-0.2, 0) is 19.1 Å². The van der Waals surface area contributed by atoms with E-state index in [2.05, 4.69) is 60.7 Å². The molecule has 6 nitrogen and oxygen atoms in total. The Labute approximate surface area is 368 Å². The van der Waals surface area contributed by atoms with Crippen molar-refractivity contribution in [1.29, 1.82) is 0 Å². The Morgan fingerprint density at radius 3 is 1.34 bits per heavy atom. The first-order valence-corrected chi connectivity index (χ1v) is 24.9. The molecule has 6 atom stereocenters. The third-order valence-corrected chi connectivity index (χ3v) is 21.1. The molecule has 12 aliphatic carbocycles. The number of fused-ring (bicyclic) bond motifs is 2. The Hall–Kier alpha value is -2.58. The lowest BCUT2D eigenvalue weighted by Gasteiger charge is -2.59. The van der Waals surface area contributed by atoms with Crippen molar-refractivity contribution in [2.75, 3.05) is 0 Å². The van der Waals surface area contributed by atoms with Crippen molar-refractivity contribution in [1.82, 2.24) is 5.32 Å². The number of alkyl halides is 2. The standard InChI is InChI=1S/C54H71F2NO5/c1-29-42(53-39(47(53,3)4)13-15-49(7,44(53)58)61-51-23-31-17-32(24-51)19-33(18-31)25-51)41(37-11-9-10-12-38(37)60-46(55)56)43(30(2)57-29)54-40(48(54,5)6)14-16-50(8,45(54)59)62-52-26-34-20-35(27-52)22-36(21-34)28-52/h9-12,31-36,39-41,46,57H,13-28H2,1-8H3. The highest BCUT2D eigenvalue weighted by molar-refractivity contribution is 6.03. The summed E-state index contributed by atoms with van der Waals surface area (Å²) in [5.41, 5.74) is -1.01. The number of benzene rings is 1. The Balaban J connectivity index is 0.996. The highest BCUT2D eigenvalue weighted by Crippen LogP contribution is 2.85. The molecule has 1 aromatic rings. The summed E-state index contributed by atoms with van der Waals surface area (Å²) in [6.07, 6.45) is 17.1. The van der Waals surface area contributed by atoms with Gasteiger partial charge in [-0.25, -0.2) is 0 Å². The molecule has 8 bridgehead atoms. The summed E-state index contributed by atoms with van der Waals surface area (Å²) < 4.78 is 49.7.